The Kier molecular flexibility index (Phi) is 5.32. The van der Waals surface area contributed by atoms with Crippen LogP contribution in [0, 0.1) is 23.6 Å². The van der Waals surface area contributed by atoms with Gasteiger partial charge in [0.1, 0.15) is 5.82 Å². The number of carbonyl (C=O) groups excluding carboxylic acids is 1. The number of nitrogens with two attached hydrogens (primary N) is 1. The summed E-state index contributed by atoms with van der Waals surface area (Å²) in [6, 6.07) is 4.02. The Bertz CT molecular complexity index is 569. The Hall–Kier alpha value is -1.90. The number of benzene rings is 1. The van der Waals surface area contributed by atoms with E-state index in [9.17, 15) is 9.18 Å². The van der Waals surface area contributed by atoms with E-state index in [1.165, 1.54) is 18.2 Å². The molecule has 1 aliphatic rings. The van der Waals surface area contributed by atoms with Gasteiger partial charge in [0.25, 0.3) is 5.91 Å². The summed E-state index contributed by atoms with van der Waals surface area (Å²) < 4.78 is 13.4. The summed E-state index contributed by atoms with van der Waals surface area (Å²) in [5.74, 6) is 5.08. The number of amides is 1. The molecule has 1 aromatic carbocycles. The molecule has 112 valence electrons. The highest BCUT2D eigenvalue weighted by molar-refractivity contribution is 5.96. The van der Waals surface area contributed by atoms with Crippen molar-refractivity contribution in [3.05, 3.63) is 35.1 Å². The van der Waals surface area contributed by atoms with Gasteiger partial charge in [-0.2, -0.15) is 0 Å². The van der Waals surface area contributed by atoms with Crippen LogP contribution in [0.5, 0.6) is 0 Å². The standard InChI is InChI=1S/C16H19FN2O2/c17-14-4-3-13(2-1-7-18)15(10-14)16(21)19-8-5-12(11-20)6-9-19/h3-4,10,12,20H,5-9,11,18H2. The molecule has 2 rings (SSSR count). The molecule has 0 bridgehead atoms. The lowest BCUT2D eigenvalue weighted by Gasteiger charge is -2.31. The van der Waals surface area contributed by atoms with Gasteiger partial charge >= 0.3 is 0 Å². The predicted molar refractivity (Wildman–Crippen MR) is 78.0 cm³/mol. The second kappa shape index (κ2) is 7.21. The lowest BCUT2D eigenvalue weighted by atomic mass is 9.96. The van der Waals surface area contributed by atoms with E-state index in [1.54, 1.807) is 4.90 Å². The molecule has 0 aliphatic carbocycles. The molecule has 1 saturated heterocycles. The second-order valence-electron chi connectivity index (χ2n) is 5.11. The first-order valence-corrected chi connectivity index (χ1v) is 7.04. The SMILES string of the molecule is NCC#Cc1ccc(F)cc1C(=O)N1CCC(CO)CC1. The van der Waals surface area contributed by atoms with Crippen LogP contribution >= 0.6 is 0 Å². The fraction of sp³-hybridized carbons (Fsp3) is 0.438. The summed E-state index contributed by atoms with van der Waals surface area (Å²) >= 11 is 0. The fourth-order valence-electron chi connectivity index (χ4n) is 2.44. The maximum atomic E-state index is 13.4. The zero-order valence-electron chi connectivity index (χ0n) is 11.8. The smallest absolute Gasteiger partial charge is 0.255 e. The van der Waals surface area contributed by atoms with E-state index >= 15 is 0 Å². The van der Waals surface area contributed by atoms with E-state index in [0.29, 0.717) is 18.7 Å². The minimum atomic E-state index is -0.457. The molecule has 0 unspecified atom stereocenters. The van der Waals surface area contributed by atoms with Crippen molar-refractivity contribution in [3.8, 4) is 11.8 Å². The van der Waals surface area contributed by atoms with Gasteiger partial charge in [0.2, 0.25) is 0 Å². The molecule has 4 nitrogen and oxygen atoms in total. The Labute approximate surface area is 123 Å². The Morgan fingerprint density at radius 2 is 2.14 bits per heavy atom. The number of hydrogen-bond acceptors (Lipinski definition) is 3. The number of aliphatic hydroxyl groups is 1. The van der Waals surface area contributed by atoms with Crippen LogP contribution in [-0.4, -0.2) is 42.2 Å². The van der Waals surface area contributed by atoms with Crippen LogP contribution in [-0.2, 0) is 0 Å². The van der Waals surface area contributed by atoms with Crippen LogP contribution < -0.4 is 5.73 Å². The number of likely N-dealkylation sites (tertiary alicyclic amines) is 1. The fourth-order valence-corrected chi connectivity index (χ4v) is 2.44. The molecule has 3 N–H and O–H groups in total. The molecule has 0 atom stereocenters. The highest BCUT2D eigenvalue weighted by atomic mass is 19.1. The lowest BCUT2D eigenvalue weighted by molar-refractivity contribution is 0.0650. The molecule has 0 saturated carbocycles. The van der Waals surface area contributed by atoms with Gasteiger partial charge < -0.3 is 15.7 Å². The number of rotatable bonds is 2. The molecule has 1 aromatic rings. The molecule has 1 aliphatic heterocycles. The maximum absolute atomic E-state index is 13.4. The first kappa shape index (κ1) is 15.5. The van der Waals surface area contributed by atoms with Crippen LogP contribution in [0.4, 0.5) is 4.39 Å². The molecule has 21 heavy (non-hydrogen) atoms. The van der Waals surface area contributed by atoms with Gasteiger partial charge in [-0.15, -0.1) is 0 Å². The quantitative estimate of drug-likeness (QED) is 0.798. The van der Waals surface area contributed by atoms with Crippen molar-refractivity contribution in [2.24, 2.45) is 11.7 Å². The highest BCUT2D eigenvalue weighted by Crippen LogP contribution is 2.20. The zero-order valence-corrected chi connectivity index (χ0v) is 11.8. The number of carbonyl (C=O) groups is 1. The third kappa shape index (κ3) is 3.81. The first-order valence-electron chi connectivity index (χ1n) is 7.04. The topological polar surface area (TPSA) is 66.6 Å². The largest absolute Gasteiger partial charge is 0.396 e. The van der Waals surface area contributed by atoms with Gasteiger partial charge in [0.15, 0.2) is 0 Å². The Morgan fingerprint density at radius 3 is 2.76 bits per heavy atom. The number of piperidine rings is 1. The van der Waals surface area contributed by atoms with E-state index in [2.05, 4.69) is 11.8 Å². The van der Waals surface area contributed by atoms with Gasteiger partial charge in [-0.1, -0.05) is 11.8 Å². The maximum Gasteiger partial charge on any atom is 0.255 e. The molecule has 0 spiro atoms. The minimum Gasteiger partial charge on any atom is -0.396 e. The van der Waals surface area contributed by atoms with Crippen molar-refractivity contribution in [3.63, 3.8) is 0 Å². The summed E-state index contributed by atoms with van der Waals surface area (Å²) in [5.41, 5.74) is 6.11. The average Bonchev–Trinajstić information content (AvgIpc) is 2.53. The van der Waals surface area contributed by atoms with E-state index < -0.39 is 5.82 Å². The average molecular weight is 290 g/mol. The van der Waals surface area contributed by atoms with Crippen molar-refractivity contribution < 1.29 is 14.3 Å². The zero-order chi connectivity index (χ0) is 15.2. The van der Waals surface area contributed by atoms with Crippen molar-refractivity contribution in [1.29, 1.82) is 0 Å². The molecular formula is C16H19FN2O2. The van der Waals surface area contributed by atoms with E-state index in [0.717, 1.165) is 12.8 Å². The second-order valence-corrected chi connectivity index (χ2v) is 5.11. The van der Waals surface area contributed by atoms with Crippen molar-refractivity contribution >= 4 is 5.91 Å². The van der Waals surface area contributed by atoms with Crippen LogP contribution in [0.25, 0.3) is 0 Å². The van der Waals surface area contributed by atoms with Gasteiger partial charge in [-0.3, -0.25) is 4.79 Å². The van der Waals surface area contributed by atoms with Crippen molar-refractivity contribution in [2.45, 2.75) is 12.8 Å². The van der Waals surface area contributed by atoms with Crippen molar-refractivity contribution in [1.82, 2.24) is 4.90 Å². The summed E-state index contributed by atoms with van der Waals surface area (Å²) in [5, 5.41) is 9.13. The molecule has 5 heteroatoms. The van der Waals surface area contributed by atoms with Gasteiger partial charge in [0.05, 0.1) is 12.1 Å². The first-order chi connectivity index (χ1) is 10.2. The number of aliphatic hydroxyl groups excluding tert-OH is 1. The number of halogens is 1. The number of nitrogens with zero attached hydrogens (tertiary/aromatic N) is 1. The molecule has 0 aromatic heterocycles. The highest BCUT2D eigenvalue weighted by Gasteiger charge is 2.24. The van der Waals surface area contributed by atoms with E-state index in [1.807, 2.05) is 0 Å². The Balaban J connectivity index is 2.20. The molecular weight excluding hydrogens is 271 g/mol. The summed E-state index contributed by atoms with van der Waals surface area (Å²) in [4.78, 5) is 14.2. The minimum absolute atomic E-state index is 0.148. The van der Waals surface area contributed by atoms with Gasteiger partial charge in [-0.25, -0.2) is 4.39 Å². The third-order valence-electron chi connectivity index (χ3n) is 3.70. The van der Waals surface area contributed by atoms with Crippen LogP contribution in [0.1, 0.15) is 28.8 Å². The number of hydrogen-bond donors (Lipinski definition) is 2. The molecule has 1 amide bonds. The van der Waals surface area contributed by atoms with Crippen LogP contribution in [0.3, 0.4) is 0 Å². The molecule has 0 radical (unpaired) electrons. The predicted octanol–water partition coefficient (Wildman–Crippen LogP) is 0.980. The van der Waals surface area contributed by atoms with E-state index in [4.69, 9.17) is 10.8 Å². The van der Waals surface area contributed by atoms with E-state index in [-0.39, 0.29) is 30.5 Å². The molecule has 1 heterocycles. The van der Waals surface area contributed by atoms with Crippen LogP contribution in [0.2, 0.25) is 0 Å². The summed E-state index contributed by atoms with van der Waals surface area (Å²) in [7, 11) is 0. The van der Waals surface area contributed by atoms with Gasteiger partial charge in [0, 0.05) is 25.3 Å². The molecule has 1 fully saturated rings. The Morgan fingerprint density at radius 1 is 1.43 bits per heavy atom. The normalized spacial score (nSPS) is 15.5. The third-order valence-corrected chi connectivity index (χ3v) is 3.70. The summed E-state index contributed by atoms with van der Waals surface area (Å²) in [6.45, 7) is 1.48. The van der Waals surface area contributed by atoms with Gasteiger partial charge in [-0.05, 0) is 37.0 Å². The summed E-state index contributed by atoms with van der Waals surface area (Å²) in [6.07, 6.45) is 1.53. The van der Waals surface area contributed by atoms with Crippen molar-refractivity contribution in [2.75, 3.05) is 26.2 Å². The lowest BCUT2D eigenvalue weighted by Crippen LogP contribution is -2.39. The van der Waals surface area contributed by atoms with Crippen LogP contribution in [0.15, 0.2) is 18.2 Å². The monoisotopic (exact) mass is 290 g/mol.